The highest BCUT2D eigenvalue weighted by Crippen LogP contribution is 2.65. The molecule has 2 bridgehead atoms. The molecule has 4 unspecified atom stereocenters. The Morgan fingerprint density at radius 1 is 1.38 bits per heavy atom. The third kappa shape index (κ3) is 0.525. The summed E-state index contributed by atoms with van der Waals surface area (Å²) in [4.78, 5) is 12.1. The first-order chi connectivity index (χ1) is 6.33. The minimum Gasteiger partial charge on any atom is -0.298 e. The van der Waals surface area contributed by atoms with Crippen LogP contribution in [-0.4, -0.2) is 5.78 Å². The van der Waals surface area contributed by atoms with Crippen molar-refractivity contribution in [2.24, 2.45) is 23.2 Å². The van der Waals surface area contributed by atoms with Crippen molar-refractivity contribution in [3.8, 4) is 0 Å². The van der Waals surface area contributed by atoms with Gasteiger partial charge in [0.05, 0.1) is 5.41 Å². The van der Waals surface area contributed by atoms with Crippen molar-refractivity contribution >= 4 is 5.78 Å². The molecular formula is C12H12O. The first-order valence-corrected chi connectivity index (χ1v) is 5.28. The van der Waals surface area contributed by atoms with E-state index in [1.807, 2.05) is 0 Å². The fourth-order valence-electron chi connectivity index (χ4n) is 3.70. The Labute approximate surface area is 77.5 Å². The summed E-state index contributed by atoms with van der Waals surface area (Å²) in [5.74, 6) is 2.15. The molecule has 0 amide bonds. The summed E-state index contributed by atoms with van der Waals surface area (Å²) in [5, 5.41) is 0. The van der Waals surface area contributed by atoms with Crippen LogP contribution in [0.4, 0.5) is 0 Å². The van der Waals surface area contributed by atoms with Gasteiger partial charge in [0, 0.05) is 5.92 Å². The van der Waals surface area contributed by atoms with E-state index >= 15 is 0 Å². The number of allylic oxidation sites excluding steroid dienone is 4. The van der Waals surface area contributed by atoms with Crippen molar-refractivity contribution in [2.45, 2.75) is 19.3 Å². The van der Waals surface area contributed by atoms with Gasteiger partial charge in [0.15, 0.2) is 5.78 Å². The quantitative estimate of drug-likeness (QED) is 0.511. The van der Waals surface area contributed by atoms with Gasteiger partial charge in [0.25, 0.3) is 0 Å². The van der Waals surface area contributed by atoms with E-state index in [-0.39, 0.29) is 5.41 Å². The van der Waals surface area contributed by atoms with Gasteiger partial charge in [-0.25, -0.2) is 0 Å². The lowest BCUT2D eigenvalue weighted by molar-refractivity contribution is -0.127. The van der Waals surface area contributed by atoms with E-state index < -0.39 is 0 Å². The number of carbonyl (C=O) groups excluding carboxylic acids is 1. The molecule has 0 saturated heterocycles. The number of hydrogen-bond donors (Lipinski definition) is 0. The monoisotopic (exact) mass is 172 g/mol. The lowest BCUT2D eigenvalue weighted by Crippen LogP contribution is -2.33. The van der Waals surface area contributed by atoms with Crippen LogP contribution in [0.5, 0.6) is 0 Å². The molecule has 0 heterocycles. The summed E-state index contributed by atoms with van der Waals surface area (Å²) in [6, 6.07) is 0. The lowest BCUT2D eigenvalue weighted by Gasteiger charge is -2.30. The molecule has 2 saturated carbocycles. The molecule has 0 N–H and O–H groups in total. The summed E-state index contributed by atoms with van der Waals surface area (Å²) in [5.41, 5.74) is 1.36. The van der Waals surface area contributed by atoms with Crippen molar-refractivity contribution in [3.63, 3.8) is 0 Å². The van der Waals surface area contributed by atoms with E-state index in [9.17, 15) is 4.79 Å². The smallest absolute Gasteiger partial charge is 0.151 e. The number of Topliss-reactive ketones (excluding diaryl/α,β-unsaturated/α-hetero) is 1. The standard InChI is InChI=1S/C12H12O/c13-11-10-8-3-5-12(11)4-1-2-7(12)6-9(8)10/h3,5-6,8-10H,1-2,4H2. The number of carbonyl (C=O) groups is 1. The third-order valence-corrected chi connectivity index (χ3v) is 4.46. The first-order valence-electron chi connectivity index (χ1n) is 5.28. The predicted octanol–water partition coefficient (Wildman–Crippen LogP) is 2.10. The van der Waals surface area contributed by atoms with Crippen LogP contribution < -0.4 is 0 Å². The highest BCUT2D eigenvalue weighted by Gasteiger charge is 2.64. The largest absolute Gasteiger partial charge is 0.298 e. The molecule has 4 atom stereocenters. The van der Waals surface area contributed by atoms with Crippen LogP contribution in [0, 0.1) is 23.2 Å². The zero-order chi connectivity index (χ0) is 8.63. The Hall–Kier alpha value is -0.850. The Balaban J connectivity index is 2.04. The number of fused-ring (bicyclic) bond motifs is 1. The van der Waals surface area contributed by atoms with Gasteiger partial charge in [-0.2, -0.15) is 0 Å². The molecule has 0 aromatic rings. The van der Waals surface area contributed by atoms with Gasteiger partial charge in [-0.3, -0.25) is 4.79 Å². The molecular weight excluding hydrogens is 160 g/mol. The summed E-state index contributed by atoms with van der Waals surface area (Å²) in [6.45, 7) is 0. The van der Waals surface area contributed by atoms with Crippen molar-refractivity contribution in [1.82, 2.24) is 0 Å². The molecule has 66 valence electrons. The van der Waals surface area contributed by atoms with Crippen LogP contribution in [0.15, 0.2) is 23.8 Å². The van der Waals surface area contributed by atoms with Gasteiger partial charge in [0.2, 0.25) is 0 Å². The normalized spacial score (nSPS) is 54.6. The van der Waals surface area contributed by atoms with Crippen LogP contribution in [0.3, 0.4) is 0 Å². The van der Waals surface area contributed by atoms with E-state index in [0.717, 1.165) is 6.42 Å². The van der Waals surface area contributed by atoms with Crippen LogP contribution in [-0.2, 0) is 4.79 Å². The molecule has 4 aliphatic rings. The highest BCUT2D eigenvalue weighted by molar-refractivity contribution is 5.98. The van der Waals surface area contributed by atoms with Crippen LogP contribution in [0.25, 0.3) is 0 Å². The molecule has 1 nitrogen and oxygen atoms in total. The van der Waals surface area contributed by atoms with Crippen LogP contribution >= 0.6 is 0 Å². The van der Waals surface area contributed by atoms with Gasteiger partial charge < -0.3 is 0 Å². The van der Waals surface area contributed by atoms with E-state index in [0.29, 0.717) is 23.5 Å². The van der Waals surface area contributed by atoms with Crippen LogP contribution in [0.2, 0.25) is 0 Å². The van der Waals surface area contributed by atoms with E-state index in [2.05, 4.69) is 18.2 Å². The average molecular weight is 172 g/mol. The molecule has 4 aliphatic carbocycles. The molecule has 2 fully saturated rings. The molecule has 13 heavy (non-hydrogen) atoms. The maximum atomic E-state index is 12.1. The van der Waals surface area contributed by atoms with Crippen molar-refractivity contribution in [2.75, 3.05) is 0 Å². The van der Waals surface area contributed by atoms with Crippen molar-refractivity contribution in [1.29, 1.82) is 0 Å². The molecule has 1 heteroatoms. The Kier molecular flexibility index (Phi) is 0.850. The Bertz CT molecular complexity index is 377. The average Bonchev–Trinajstić information content (AvgIpc) is 2.72. The minimum absolute atomic E-state index is 0.0891. The molecule has 4 rings (SSSR count). The summed E-state index contributed by atoms with van der Waals surface area (Å²) in [6.07, 6.45) is 10.4. The lowest BCUT2D eigenvalue weighted by atomic mass is 9.71. The van der Waals surface area contributed by atoms with Gasteiger partial charge in [-0.15, -0.1) is 0 Å². The fourth-order valence-corrected chi connectivity index (χ4v) is 3.70. The molecule has 0 aromatic carbocycles. The SMILES string of the molecule is O=C1C2C3C=CC14CCCC4=CC32. The second kappa shape index (κ2) is 1.68. The molecule has 0 aliphatic heterocycles. The topological polar surface area (TPSA) is 17.1 Å². The third-order valence-electron chi connectivity index (χ3n) is 4.46. The number of rotatable bonds is 0. The summed E-state index contributed by atoms with van der Waals surface area (Å²) in [7, 11) is 0. The Morgan fingerprint density at radius 2 is 2.31 bits per heavy atom. The van der Waals surface area contributed by atoms with E-state index in [1.165, 1.54) is 18.4 Å². The van der Waals surface area contributed by atoms with Crippen LogP contribution in [0.1, 0.15) is 19.3 Å². The van der Waals surface area contributed by atoms with Gasteiger partial charge >= 0.3 is 0 Å². The fraction of sp³-hybridized carbons (Fsp3) is 0.583. The second-order valence-electron chi connectivity index (χ2n) is 4.92. The Morgan fingerprint density at radius 3 is 3.23 bits per heavy atom. The first kappa shape index (κ1) is 6.58. The number of hydrogen-bond acceptors (Lipinski definition) is 1. The minimum atomic E-state index is -0.0891. The zero-order valence-corrected chi connectivity index (χ0v) is 7.49. The van der Waals surface area contributed by atoms with E-state index in [4.69, 9.17) is 0 Å². The van der Waals surface area contributed by atoms with Gasteiger partial charge in [-0.1, -0.05) is 23.8 Å². The van der Waals surface area contributed by atoms with E-state index in [1.54, 1.807) is 0 Å². The summed E-state index contributed by atoms with van der Waals surface area (Å²) >= 11 is 0. The molecule has 0 radical (unpaired) electrons. The predicted molar refractivity (Wildman–Crippen MR) is 49.0 cm³/mol. The number of ketones is 1. The van der Waals surface area contributed by atoms with Gasteiger partial charge in [-0.05, 0) is 31.1 Å². The highest BCUT2D eigenvalue weighted by atomic mass is 16.1. The zero-order valence-electron chi connectivity index (χ0n) is 7.49. The van der Waals surface area contributed by atoms with Crippen molar-refractivity contribution < 1.29 is 4.79 Å². The maximum absolute atomic E-state index is 12.1. The summed E-state index contributed by atoms with van der Waals surface area (Å²) < 4.78 is 0. The van der Waals surface area contributed by atoms with Gasteiger partial charge in [0.1, 0.15) is 0 Å². The second-order valence-corrected chi connectivity index (χ2v) is 4.92. The maximum Gasteiger partial charge on any atom is 0.151 e. The van der Waals surface area contributed by atoms with Crippen molar-refractivity contribution in [3.05, 3.63) is 23.8 Å². The molecule has 1 spiro atoms. The molecule has 0 aromatic heterocycles.